The topological polar surface area (TPSA) is 12.0 Å². The second kappa shape index (κ2) is 3.46. The molecule has 0 spiro atoms. The highest BCUT2D eigenvalue weighted by molar-refractivity contribution is 8.00. The SMILES string of the molecule is S=C1CSCc2ccccc2N1. The number of hydrogen-bond donors (Lipinski definition) is 1. The molecule has 1 aromatic rings. The van der Waals surface area contributed by atoms with Crippen LogP contribution in [0.1, 0.15) is 5.56 Å². The van der Waals surface area contributed by atoms with E-state index in [4.69, 9.17) is 12.2 Å². The fraction of sp³-hybridized carbons (Fsp3) is 0.222. The lowest BCUT2D eigenvalue weighted by atomic mass is 10.2. The quantitative estimate of drug-likeness (QED) is 0.639. The molecule has 2 rings (SSSR count). The standard InChI is InChI=1S/C9H9NS2/c11-9-6-12-5-7-3-1-2-4-8(7)10-9/h1-4H,5-6H2,(H,10,11). The Morgan fingerprint density at radius 2 is 2.08 bits per heavy atom. The second-order valence-electron chi connectivity index (χ2n) is 2.70. The van der Waals surface area contributed by atoms with Gasteiger partial charge in [-0.05, 0) is 11.6 Å². The fourth-order valence-electron chi connectivity index (χ4n) is 1.21. The third-order valence-corrected chi connectivity index (χ3v) is 3.22. The molecule has 0 aromatic heterocycles. The fourth-order valence-corrected chi connectivity index (χ4v) is 2.40. The first-order chi connectivity index (χ1) is 5.86. The molecular weight excluding hydrogens is 186 g/mol. The van der Waals surface area contributed by atoms with Gasteiger partial charge in [0, 0.05) is 17.2 Å². The average Bonchev–Trinajstić information content (AvgIpc) is 2.25. The van der Waals surface area contributed by atoms with Crippen LogP contribution in [0, 0.1) is 0 Å². The minimum Gasteiger partial charge on any atom is -0.349 e. The Morgan fingerprint density at radius 1 is 1.25 bits per heavy atom. The highest BCUT2D eigenvalue weighted by atomic mass is 32.2. The molecule has 0 saturated carbocycles. The Kier molecular flexibility index (Phi) is 2.33. The molecule has 0 amide bonds. The third-order valence-electron chi connectivity index (χ3n) is 1.78. The molecule has 0 atom stereocenters. The zero-order chi connectivity index (χ0) is 8.39. The van der Waals surface area contributed by atoms with Gasteiger partial charge in [-0.15, -0.1) is 11.8 Å². The van der Waals surface area contributed by atoms with Gasteiger partial charge in [-0.3, -0.25) is 0 Å². The number of hydrogen-bond acceptors (Lipinski definition) is 2. The number of anilines is 1. The van der Waals surface area contributed by atoms with Crippen LogP contribution in [0.5, 0.6) is 0 Å². The van der Waals surface area contributed by atoms with Gasteiger partial charge in [0.25, 0.3) is 0 Å². The van der Waals surface area contributed by atoms with Crippen molar-refractivity contribution in [1.82, 2.24) is 0 Å². The Bertz CT molecular complexity index is 309. The van der Waals surface area contributed by atoms with Crippen molar-refractivity contribution in [2.24, 2.45) is 0 Å². The summed E-state index contributed by atoms with van der Waals surface area (Å²) in [4.78, 5) is 0.935. The van der Waals surface area contributed by atoms with Gasteiger partial charge in [0.2, 0.25) is 0 Å². The van der Waals surface area contributed by atoms with Crippen LogP contribution in [-0.2, 0) is 5.75 Å². The van der Waals surface area contributed by atoms with Crippen LogP contribution in [0.2, 0.25) is 0 Å². The predicted octanol–water partition coefficient (Wildman–Crippen LogP) is 2.67. The number of thioether (sulfide) groups is 1. The summed E-state index contributed by atoms with van der Waals surface area (Å²) >= 11 is 7.00. The molecule has 1 N–H and O–H groups in total. The van der Waals surface area contributed by atoms with E-state index in [2.05, 4.69) is 23.5 Å². The molecule has 1 aromatic carbocycles. The van der Waals surface area contributed by atoms with Crippen LogP contribution >= 0.6 is 24.0 Å². The van der Waals surface area contributed by atoms with Gasteiger partial charge in [0.1, 0.15) is 0 Å². The molecule has 62 valence electrons. The van der Waals surface area contributed by atoms with Gasteiger partial charge in [0.15, 0.2) is 0 Å². The molecular formula is C9H9NS2. The van der Waals surface area contributed by atoms with Crippen molar-refractivity contribution in [2.45, 2.75) is 5.75 Å². The Morgan fingerprint density at radius 3 is 3.00 bits per heavy atom. The van der Waals surface area contributed by atoms with E-state index < -0.39 is 0 Å². The monoisotopic (exact) mass is 195 g/mol. The Labute approximate surface area is 81.6 Å². The summed E-state index contributed by atoms with van der Waals surface area (Å²) in [6, 6.07) is 8.32. The second-order valence-corrected chi connectivity index (χ2v) is 4.18. The van der Waals surface area contributed by atoms with Crippen LogP contribution in [0.15, 0.2) is 24.3 Å². The van der Waals surface area contributed by atoms with E-state index in [1.165, 1.54) is 11.3 Å². The van der Waals surface area contributed by atoms with Crippen molar-refractivity contribution in [3.05, 3.63) is 29.8 Å². The summed E-state index contributed by atoms with van der Waals surface area (Å²) in [5.41, 5.74) is 2.52. The number of fused-ring (bicyclic) bond motifs is 1. The lowest BCUT2D eigenvalue weighted by molar-refractivity contribution is 1.42. The van der Waals surface area contributed by atoms with Crippen molar-refractivity contribution in [2.75, 3.05) is 11.1 Å². The van der Waals surface area contributed by atoms with E-state index in [0.717, 1.165) is 16.5 Å². The minimum atomic E-state index is 0.935. The summed E-state index contributed by atoms with van der Waals surface area (Å²) < 4.78 is 0. The van der Waals surface area contributed by atoms with Crippen LogP contribution in [-0.4, -0.2) is 10.7 Å². The van der Waals surface area contributed by atoms with Crippen LogP contribution < -0.4 is 5.32 Å². The minimum absolute atomic E-state index is 0.935. The molecule has 0 fully saturated rings. The smallest absolute Gasteiger partial charge is 0.0897 e. The summed E-state index contributed by atoms with van der Waals surface area (Å²) in [5, 5.41) is 3.23. The number of rotatable bonds is 0. The van der Waals surface area contributed by atoms with Crippen LogP contribution in [0.4, 0.5) is 5.69 Å². The zero-order valence-corrected chi connectivity index (χ0v) is 8.17. The molecule has 1 aliphatic rings. The largest absolute Gasteiger partial charge is 0.349 e. The summed E-state index contributed by atoms with van der Waals surface area (Å²) in [6.07, 6.45) is 0. The Hall–Kier alpha value is -0.540. The van der Waals surface area contributed by atoms with Crippen LogP contribution in [0.25, 0.3) is 0 Å². The number of para-hydroxylation sites is 1. The maximum absolute atomic E-state index is 5.14. The van der Waals surface area contributed by atoms with E-state index in [-0.39, 0.29) is 0 Å². The van der Waals surface area contributed by atoms with Crippen molar-refractivity contribution >= 4 is 34.7 Å². The number of nitrogens with one attached hydrogen (secondary N) is 1. The lowest BCUT2D eigenvalue weighted by Gasteiger charge is -2.05. The molecule has 12 heavy (non-hydrogen) atoms. The molecule has 1 aliphatic heterocycles. The van der Waals surface area contributed by atoms with E-state index >= 15 is 0 Å². The van der Waals surface area contributed by atoms with Gasteiger partial charge in [-0.25, -0.2) is 0 Å². The van der Waals surface area contributed by atoms with E-state index in [1.54, 1.807) is 0 Å². The summed E-state index contributed by atoms with van der Waals surface area (Å²) in [5.74, 6) is 1.99. The van der Waals surface area contributed by atoms with Gasteiger partial charge < -0.3 is 5.32 Å². The predicted molar refractivity (Wildman–Crippen MR) is 58.8 cm³/mol. The van der Waals surface area contributed by atoms with Gasteiger partial charge >= 0.3 is 0 Å². The molecule has 0 unspecified atom stereocenters. The summed E-state index contributed by atoms with van der Waals surface area (Å²) in [7, 11) is 0. The van der Waals surface area contributed by atoms with Crippen molar-refractivity contribution in [3.63, 3.8) is 0 Å². The highest BCUT2D eigenvalue weighted by Crippen LogP contribution is 2.24. The first-order valence-corrected chi connectivity index (χ1v) is 5.38. The number of benzene rings is 1. The molecule has 0 radical (unpaired) electrons. The highest BCUT2D eigenvalue weighted by Gasteiger charge is 2.08. The first-order valence-electron chi connectivity index (χ1n) is 3.82. The summed E-state index contributed by atoms with van der Waals surface area (Å²) in [6.45, 7) is 0. The molecule has 1 heterocycles. The normalized spacial score (nSPS) is 16.2. The van der Waals surface area contributed by atoms with Crippen molar-refractivity contribution < 1.29 is 0 Å². The maximum Gasteiger partial charge on any atom is 0.0897 e. The van der Waals surface area contributed by atoms with Crippen molar-refractivity contribution in [1.29, 1.82) is 0 Å². The average molecular weight is 195 g/mol. The molecule has 0 aliphatic carbocycles. The lowest BCUT2D eigenvalue weighted by Crippen LogP contribution is -2.09. The van der Waals surface area contributed by atoms with Crippen molar-refractivity contribution in [3.8, 4) is 0 Å². The third kappa shape index (κ3) is 1.62. The molecule has 0 saturated heterocycles. The van der Waals surface area contributed by atoms with Gasteiger partial charge in [0.05, 0.1) is 4.99 Å². The van der Waals surface area contributed by atoms with E-state index in [9.17, 15) is 0 Å². The van der Waals surface area contributed by atoms with Crippen LogP contribution in [0.3, 0.4) is 0 Å². The molecule has 1 nitrogen and oxygen atoms in total. The molecule has 3 heteroatoms. The van der Waals surface area contributed by atoms with E-state index in [0.29, 0.717) is 0 Å². The first kappa shape index (κ1) is 8.08. The van der Waals surface area contributed by atoms with Gasteiger partial charge in [-0.1, -0.05) is 30.4 Å². The van der Waals surface area contributed by atoms with E-state index in [1.807, 2.05) is 17.8 Å². The van der Waals surface area contributed by atoms with Gasteiger partial charge in [-0.2, -0.15) is 0 Å². The maximum atomic E-state index is 5.14. The zero-order valence-electron chi connectivity index (χ0n) is 6.54. The Balaban J connectivity index is 2.37. The number of thiocarbonyl (C=S) groups is 1. The molecule has 0 bridgehead atoms.